The van der Waals surface area contributed by atoms with Crippen LogP contribution in [0.4, 0.5) is 5.13 Å². The van der Waals surface area contributed by atoms with E-state index in [1.165, 1.54) is 38.5 Å². The van der Waals surface area contributed by atoms with Gasteiger partial charge in [0.25, 0.3) is 5.91 Å². The van der Waals surface area contributed by atoms with E-state index < -0.39 is 0 Å². The second-order valence-electron chi connectivity index (χ2n) is 8.67. The van der Waals surface area contributed by atoms with Crippen molar-refractivity contribution in [3.8, 4) is 11.5 Å². The van der Waals surface area contributed by atoms with Gasteiger partial charge in [0.1, 0.15) is 16.5 Å². The van der Waals surface area contributed by atoms with E-state index in [4.69, 9.17) is 9.47 Å². The highest BCUT2D eigenvalue weighted by atomic mass is 32.1. The lowest BCUT2D eigenvalue weighted by atomic mass is 9.50. The van der Waals surface area contributed by atoms with Crippen LogP contribution < -0.4 is 14.8 Å². The second kappa shape index (κ2) is 6.72. The fourth-order valence-electron chi connectivity index (χ4n) is 5.97. The first-order valence-corrected chi connectivity index (χ1v) is 10.8. The summed E-state index contributed by atoms with van der Waals surface area (Å²) >= 11 is 1.55. The SMILES string of the molecule is COc1cc(OC)cc(C(=O)Nc2nnc(C34CC5CC(CC(C5)C3)C4)s2)c1. The predicted molar refractivity (Wildman–Crippen MR) is 107 cm³/mol. The van der Waals surface area contributed by atoms with E-state index in [0.29, 0.717) is 22.2 Å². The predicted octanol–water partition coefficient (Wildman–Crippen LogP) is 4.28. The topological polar surface area (TPSA) is 73.3 Å². The molecule has 4 aliphatic rings. The molecule has 0 spiro atoms. The number of amides is 1. The molecule has 28 heavy (non-hydrogen) atoms. The van der Waals surface area contributed by atoms with Gasteiger partial charge >= 0.3 is 0 Å². The molecule has 4 fully saturated rings. The average molecular weight is 400 g/mol. The van der Waals surface area contributed by atoms with Crippen molar-refractivity contribution in [3.63, 3.8) is 0 Å². The maximum Gasteiger partial charge on any atom is 0.257 e. The Morgan fingerprint density at radius 1 is 1.00 bits per heavy atom. The second-order valence-corrected chi connectivity index (χ2v) is 9.64. The van der Waals surface area contributed by atoms with Gasteiger partial charge < -0.3 is 9.47 Å². The molecular formula is C21H25N3O3S. The van der Waals surface area contributed by atoms with Crippen LogP contribution in [0.2, 0.25) is 0 Å². The van der Waals surface area contributed by atoms with Crippen molar-refractivity contribution in [2.75, 3.05) is 19.5 Å². The zero-order chi connectivity index (χ0) is 19.3. The number of methoxy groups -OCH3 is 2. The maximum absolute atomic E-state index is 12.7. The van der Waals surface area contributed by atoms with Gasteiger partial charge in [-0.1, -0.05) is 11.3 Å². The van der Waals surface area contributed by atoms with Crippen LogP contribution >= 0.6 is 11.3 Å². The molecule has 1 amide bonds. The summed E-state index contributed by atoms with van der Waals surface area (Å²) in [5.41, 5.74) is 0.678. The van der Waals surface area contributed by atoms with E-state index in [2.05, 4.69) is 15.5 Å². The number of ether oxygens (including phenoxy) is 2. The molecule has 1 heterocycles. The Hall–Kier alpha value is -2.15. The summed E-state index contributed by atoms with van der Waals surface area (Å²) in [6.07, 6.45) is 7.94. The third-order valence-corrected chi connectivity index (χ3v) is 7.84. The number of aromatic nitrogens is 2. The van der Waals surface area contributed by atoms with E-state index >= 15 is 0 Å². The highest BCUT2D eigenvalue weighted by Gasteiger charge is 2.53. The highest BCUT2D eigenvalue weighted by molar-refractivity contribution is 7.15. The lowest BCUT2D eigenvalue weighted by Crippen LogP contribution is -2.48. The number of benzene rings is 1. The quantitative estimate of drug-likeness (QED) is 0.813. The van der Waals surface area contributed by atoms with Crippen LogP contribution in [-0.4, -0.2) is 30.3 Å². The Bertz CT molecular complexity index is 853. The Kier molecular flexibility index (Phi) is 4.30. The van der Waals surface area contributed by atoms with Gasteiger partial charge in [-0.05, 0) is 68.4 Å². The summed E-state index contributed by atoms with van der Waals surface area (Å²) in [5, 5.41) is 13.4. The lowest BCUT2D eigenvalue weighted by molar-refractivity contribution is -0.00555. The van der Waals surface area contributed by atoms with Crippen molar-refractivity contribution >= 4 is 22.4 Å². The molecule has 2 aromatic rings. The summed E-state index contributed by atoms with van der Waals surface area (Å²) in [6.45, 7) is 0. The van der Waals surface area contributed by atoms with Gasteiger partial charge in [-0.2, -0.15) is 0 Å². The Balaban J connectivity index is 1.35. The molecule has 6 nitrogen and oxygen atoms in total. The van der Waals surface area contributed by atoms with Crippen molar-refractivity contribution in [2.24, 2.45) is 17.8 Å². The van der Waals surface area contributed by atoms with E-state index in [0.717, 1.165) is 22.8 Å². The van der Waals surface area contributed by atoms with E-state index in [1.807, 2.05) is 0 Å². The number of carbonyl (C=O) groups excluding carboxylic acids is 1. The standard InChI is InChI=1S/C21H25N3O3S/c1-26-16-6-15(7-17(8-16)27-2)18(25)22-20-24-23-19(28-20)21-9-12-3-13(10-21)5-14(4-12)11-21/h6-8,12-14H,3-5,9-11H2,1-2H3,(H,22,24,25). The third-order valence-electron chi connectivity index (χ3n) is 6.75. The molecule has 6 rings (SSSR count). The van der Waals surface area contributed by atoms with E-state index in [9.17, 15) is 4.79 Å². The molecule has 1 aromatic heterocycles. The van der Waals surface area contributed by atoms with Gasteiger partial charge in [0.2, 0.25) is 5.13 Å². The van der Waals surface area contributed by atoms with Gasteiger partial charge in [0.15, 0.2) is 0 Å². The normalized spacial score (nSPS) is 30.3. The zero-order valence-corrected chi connectivity index (χ0v) is 17.1. The summed E-state index contributed by atoms with van der Waals surface area (Å²) in [7, 11) is 3.14. The first-order chi connectivity index (χ1) is 13.6. The van der Waals surface area contributed by atoms with Gasteiger partial charge in [0, 0.05) is 17.0 Å². The van der Waals surface area contributed by atoms with Crippen LogP contribution in [0, 0.1) is 17.8 Å². The van der Waals surface area contributed by atoms with Crippen molar-refractivity contribution in [1.29, 1.82) is 0 Å². The fraction of sp³-hybridized carbons (Fsp3) is 0.571. The molecule has 0 unspecified atom stereocenters. The van der Waals surface area contributed by atoms with Crippen LogP contribution in [0.5, 0.6) is 11.5 Å². The Labute approximate surface area is 168 Å². The van der Waals surface area contributed by atoms with Gasteiger partial charge in [0.05, 0.1) is 14.2 Å². The molecule has 148 valence electrons. The number of nitrogens with zero attached hydrogens (tertiary/aromatic N) is 2. The van der Waals surface area contributed by atoms with Gasteiger partial charge in [-0.15, -0.1) is 10.2 Å². The van der Waals surface area contributed by atoms with Crippen LogP contribution in [0.1, 0.15) is 53.9 Å². The zero-order valence-electron chi connectivity index (χ0n) is 16.2. The summed E-state index contributed by atoms with van der Waals surface area (Å²) in [4.78, 5) is 12.7. The average Bonchev–Trinajstić information content (AvgIpc) is 3.16. The number of hydrogen-bond donors (Lipinski definition) is 1. The van der Waals surface area contributed by atoms with Gasteiger partial charge in [-0.25, -0.2) is 0 Å². The van der Waals surface area contributed by atoms with Crippen LogP contribution in [0.3, 0.4) is 0 Å². The number of rotatable bonds is 5. The third kappa shape index (κ3) is 3.05. The highest BCUT2D eigenvalue weighted by Crippen LogP contribution is 2.61. The molecule has 4 aliphatic carbocycles. The molecule has 1 aromatic carbocycles. The molecule has 7 heteroatoms. The molecule has 0 atom stereocenters. The number of carbonyl (C=O) groups is 1. The van der Waals surface area contributed by atoms with E-state index in [-0.39, 0.29) is 11.3 Å². The minimum absolute atomic E-state index is 0.203. The Morgan fingerprint density at radius 3 is 2.11 bits per heavy atom. The molecule has 4 saturated carbocycles. The smallest absolute Gasteiger partial charge is 0.257 e. The minimum atomic E-state index is -0.231. The van der Waals surface area contributed by atoms with Gasteiger partial charge in [-0.3, -0.25) is 10.1 Å². The lowest BCUT2D eigenvalue weighted by Gasteiger charge is -2.55. The molecule has 4 bridgehead atoms. The summed E-state index contributed by atoms with van der Waals surface area (Å²) in [5.74, 6) is 3.50. The van der Waals surface area contributed by atoms with Crippen molar-refractivity contribution in [3.05, 3.63) is 28.8 Å². The van der Waals surface area contributed by atoms with E-state index in [1.54, 1.807) is 43.8 Å². The van der Waals surface area contributed by atoms with Crippen LogP contribution in [-0.2, 0) is 5.41 Å². The maximum atomic E-state index is 12.7. The molecule has 0 aliphatic heterocycles. The molecule has 0 saturated heterocycles. The number of nitrogens with one attached hydrogen (secondary N) is 1. The Morgan fingerprint density at radius 2 is 1.57 bits per heavy atom. The summed E-state index contributed by atoms with van der Waals surface area (Å²) in [6, 6.07) is 5.13. The fourth-order valence-corrected chi connectivity index (χ4v) is 6.93. The molecular weight excluding hydrogens is 374 g/mol. The van der Waals surface area contributed by atoms with Crippen molar-refractivity contribution < 1.29 is 14.3 Å². The van der Waals surface area contributed by atoms with Crippen molar-refractivity contribution in [1.82, 2.24) is 10.2 Å². The summed E-state index contributed by atoms with van der Waals surface area (Å²) < 4.78 is 10.5. The monoisotopic (exact) mass is 399 g/mol. The minimum Gasteiger partial charge on any atom is -0.497 e. The largest absolute Gasteiger partial charge is 0.497 e. The molecule has 0 radical (unpaired) electrons. The van der Waals surface area contributed by atoms with Crippen LogP contribution in [0.15, 0.2) is 18.2 Å². The van der Waals surface area contributed by atoms with Crippen molar-refractivity contribution in [2.45, 2.75) is 43.9 Å². The molecule has 1 N–H and O–H groups in total. The first kappa shape index (κ1) is 17.9. The van der Waals surface area contributed by atoms with Crippen LogP contribution in [0.25, 0.3) is 0 Å². The number of hydrogen-bond acceptors (Lipinski definition) is 6. The number of anilines is 1. The first-order valence-electron chi connectivity index (χ1n) is 9.95.